The fourth-order valence-electron chi connectivity index (χ4n) is 3.64. The lowest BCUT2D eigenvalue weighted by Gasteiger charge is -2.35. The van der Waals surface area contributed by atoms with E-state index in [2.05, 4.69) is 31.7 Å². The second-order valence-electron chi connectivity index (χ2n) is 7.21. The van der Waals surface area contributed by atoms with Crippen molar-refractivity contribution >= 4 is 18.3 Å². The molecule has 1 aliphatic heterocycles. The summed E-state index contributed by atoms with van der Waals surface area (Å²) in [7, 11) is 0. The van der Waals surface area contributed by atoms with Gasteiger partial charge in [0.1, 0.15) is 0 Å². The first-order valence-electron chi connectivity index (χ1n) is 10.00. The fraction of sp³-hybridized carbons (Fsp3) is 0.318. The Kier molecular flexibility index (Phi) is 7.96. The van der Waals surface area contributed by atoms with E-state index >= 15 is 0 Å². The molecule has 8 heteroatoms. The smallest absolute Gasteiger partial charge is 0.234 e. The molecule has 3 heterocycles. The minimum Gasteiger partial charge on any atom is -0.355 e. The summed E-state index contributed by atoms with van der Waals surface area (Å²) in [5, 5.41) is 10.9. The Morgan fingerprint density at radius 1 is 1.17 bits per heavy atom. The van der Waals surface area contributed by atoms with Crippen LogP contribution < -0.4 is 10.6 Å². The SMILES string of the molecule is Cl.O=C(CN1CCNCC1c1cccnc1)NCCc1cnn(-c2ccccc2)c1. The van der Waals surface area contributed by atoms with Crippen LogP contribution in [0.5, 0.6) is 0 Å². The molecule has 1 unspecified atom stereocenters. The van der Waals surface area contributed by atoms with E-state index in [1.165, 1.54) is 0 Å². The maximum atomic E-state index is 12.5. The highest BCUT2D eigenvalue weighted by Gasteiger charge is 2.25. The molecule has 1 aliphatic rings. The molecular weight excluding hydrogens is 400 g/mol. The van der Waals surface area contributed by atoms with E-state index < -0.39 is 0 Å². The van der Waals surface area contributed by atoms with Gasteiger partial charge in [0.05, 0.1) is 18.4 Å². The number of nitrogens with zero attached hydrogens (tertiary/aromatic N) is 4. The lowest BCUT2D eigenvalue weighted by molar-refractivity contribution is -0.123. The molecule has 30 heavy (non-hydrogen) atoms. The van der Waals surface area contributed by atoms with E-state index in [1.54, 1.807) is 6.20 Å². The van der Waals surface area contributed by atoms with Crippen LogP contribution in [0.25, 0.3) is 5.69 Å². The number of hydrogen-bond acceptors (Lipinski definition) is 5. The van der Waals surface area contributed by atoms with Gasteiger partial charge < -0.3 is 10.6 Å². The van der Waals surface area contributed by atoms with Crippen LogP contribution in [0.3, 0.4) is 0 Å². The number of hydrogen-bond donors (Lipinski definition) is 2. The van der Waals surface area contributed by atoms with Crippen LogP contribution in [0.2, 0.25) is 0 Å². The quantitative estimate of drug-likeness (QED) is 0.604. The summed E-state index contributed by atoms with van der Waals surface area (Å²) in [5.74, 6) is 0.0521. The number of piperazine rings is 1. The average molecular weight is 427 g/mol. The molecule has 0 radical (unpaired) electrons. The third-order valence-corrected chi connectivity index (χ3v) is 5.16. The summed E-state index contributed by atoms with van der Waals surface area (Å²) >= 11 is 0. The predicted octanol–water partition coefficient (Wildman–Crippen LogP) is 1.99. The monoisotopic (exact) mass is 426 g/mol. The zero-order chi connectivity index (χ0) is 19.9. The first-order valence-corrected chi connectivity index (χ1v) is 10.00. The van der Waals surface area contributed by atoms with Crippen molar-refractivity contribution in [2.75, 3.05) is 32.7 Å². The molecule has 1 atom stereocenters. The molecule has 0 spiro atoms. The molecule has 3 aromatic rings. The number of amides is 1. The largest absolute Gasteiger partial charge is 0.355 e. The van der Waals surface area contributed by atoms with Gasteiger partial charge in [0.2, 0.25) is 5.91 Å². The summed E-state index contributed by atoms with van der Waals surface area (Å²) in [6.45, 7) is 3.56. The molecule has 2 N–H and O–H groups in total. The van der Waals surface area contributed by atoms with Crippen LogP contribution in [-0.4, -0.2) is 58.3 Å². The number of benzene rings is 1. The van der Waals surface area contributed by atoms with E-state index in [1.807, 2.05) is 59.7 Å². The molecular formula is C22H27ClN6O. The summed E-state index contributed by atoms with van der Waals surface area (Å²) < 4.78 is 1.86. The zero-order valence-electron chi connectivity index (χ0n) is 16.8. The van der Waals surface area contributed by atoms with E-state index in [9.17, 15) is 4.79 Å². The second kappa shape index (κ2) is 10.9. The summed E-state index contributed by atoms with van der Waals surface area (Å²) in [6.07, 6.45) is 8.28. The minimum absolute atomic E-state index is 0. The van der Waals surface area contributed by atoms with Crippen molar-refractivity contribution in [2.45, 2.75) is 12.5 Å². The standard InChI is InChI=1S/C22H26N6O.ClH/c29-22(17-27-12-11-24-15-21(27)19-5-4-9-23-14-19)25-10-8-18-13-26-28(16-18)20-6-2-1-3-7-20;/h1-7,9,13-14,16,21,24H,8,10-12,15,17H2,(H,25,29);1H. The Morgan fingerprint density at radius 2 is 2.03 bits per heavy atom. The number of pyridine rings is 1. The van der Waals surface area contributed by atoms with Crippen molar-refractivity contribution in [3.05, 3.63) is 78.4 Å². The summed E-state index contributed by atoms with van der Waals surface area (Å²) in [6, 6.07) is 14.2. The van der Waals surface area contributed by atoms with Gasteiger partial charge in [-0.3, -0.25) is 14.7 Å². The second-order valence-corrected chi connectivity index (χ2v) is 7.21. The van der Waals surface area contributed by atoms with Crippen LogP contribution in [0, 0.1) is 0 Å². The van der Waals surface area contributed by atoms with Crippen molar-refractivity contribution in [1.29, 1.82) is 0 Å². The Hall–Kier alpha value is -2.74. The lowest BCUT2D eigenvalue weighted by Crippen LogP contribution is -2.49. The van der Waals surface area contributed by atoms with Crippen LogP contribution in [0.4, 0.5) is 0 Å². The Bertz CT molecular complexity index is 918. The number of carbonyl (C=O) groups excluding carboxylic acids is 1. The number of nitrogens with one attached hydrogen (secondary N) is 2. The highest BCUT2D eigenvalue weighted by molar-refractivity contribution is 5.85. The maximum Gasteiger partial charge on any atom is 0.234 e. The van der Waals surface area contributed by atoms with Gasteiger partial charge in [-0.25, -0.2) is 4.68 Å². The number of carbonyl (C=O) groups is 1. The minimum atomic E-state index is 0. The molecule has 7 nitrogen and oxygen atoms in total. The normalized spacial score (nSPS) is 16.6. The van der Waals surface area contributed by atoms with Gasteiger partial charge >= 0.3 is 0 Å². The van der Waals surface area contributed by atoms with Crippen molar-refractivity contribution in [3.63, 3.8) is 0 Å². The third-order valence-electron chi connectivity index (χ3n) is 5.16. The number of halogens is 1. The molecule has 1 saturated heterocycles. The van der Waals surface area contributed by atoms with Crippen LogP contribution in [0.1, 0.15) is 17.2 Å². The third kappa shape index (κ3) is 5.66. The first-order chi connectivity index (χ1) is 14.3. The average Bonchev–Trinajstić information content (AvgIpc) is 3.24. The summed E-state index contributed by atoms with van der Waals surface area (Å²) in [5.41, 5.74) is 3.27. The molecule has 4 rings (SSSR count). The maximum absolute atomic E-state index is 12.5. The number of para-hydroxylation sites is 1. The van der Waals surface area contributed by atoms with Gasteiger partial charge in [-0.15, -0.1) is 12.4 Å². The number of rotatable bonds is 7. The van der Waals surface area contributed by atoms with Gasteiger partial charge in [0, 0.05) is 50.8 Å². The van der Waals surface area contributed by atoms with E-state index in [4.69, 9.17) is 0 Å². The molecule has 2 aromatic heterocycles. The van der Waals surface area contributed by atoms with E-state index in [-0.39, 0.29) is 24.4 Å². The van der Waals surface area contributed by atoms with Crippen LogP contribution in [0.15, 0.2) is 67.3 Å². The van der Waals surface area contributed by atoms with Gasteiger partial charge in [-0.1, -0.05) is 24.3 Å². The first kappa shape index (κ1) is 22.0. The van der Waals surface area contributed by atoms with Crippen molar-refractivity contribution in [3.8, 4) is 5.69 Å². The van der Waals surface area contributed by atoms with Gasteiger partial charge in [-0.2, -0.15) is 5.10 Å². The van der Waals surface area contributed by atoms with Gasteiger partial charge in [0.25, 0.3) is 0 Å². The number of aromatic nitrogens is 3. The molecule has 1 aromatic carbocycles. The molecule has 158 valence electrons. The molecule has 1 amide bonds. The van der Waals surface area contributed by atoms with Crippen LogP contribution >= 0.6 is 12.4 Å². The molecule has 0 saturated carbocycles. The highest BCUT2D eigenvalue weighted by Crippen LogP contribution is 2.20. The Balaban J connectivity index is 0.00000256. The fourth-order valence-corrected chi connectivity index (χ4v) is 3.64. The van der Waals surface area contributed by atoms with Crippen molar-refractivity contribution in [2.24, 2.45) is 0 Å². The van der Waals surface area contributed by atoms with Crippen molar-refractivity contribution in [1.82, 2.24) is 30.3 Å². The van der Waals surface area contributed by atoms with Crippen LogP contribution in [-0.2, 0) is 11.2 Å². The van der Waals surface area contributed by atoms with Crippen molar-refractivity contribution < 1.29 is 4.79 Å². The van der Waals surface area contributed by atoms with Gasteiger partial charge in [-0.05, 0) is 35.7 Å². The Labute approximate surface area is 182 Å². The Morgan fingerprint density at radius 3 is 2.83 bits per heavy atom. The predicted molar refractivity (Wildman–Crippen MR) is 119 cm³/mol. The molecule has 1 fully saturated rings. The lowest BCUT2D eigenvalue weighted by atomic mass is 10.1. The van der Waals surface area contributed by atoms with E-state index in [0.29, 0.717) is 13.1 Å². The highest BCUT2D eigenvalue weighted by atomic mass is 35.5. The molecule has 0 aliphatic carbocycles. The van der Waals surface area contributed by atoms with Gasteiger partial charge in [0.15, 0.2) is 0 Å². The summed E-state index contributed by atoms with van der Waals surface area (Å²) in [4.78, 5) is 18.9. The van der Waals surface area contributed by atoms with E-state index in [0.717, 1.165) is 42.9 Å². The zero-order valence-corrected chi connectivity index (χ0v) is 17.6. The topological polar surface area (TPSA) is 75.1 Å². The molecule has 0 bridgehead atoms.